The second-order valence-electron chi connectivity index (χ2n) is 6.83. The summed E-state index contributed by atoms with van der Waals surface area (Å²) in [7, 11) is 0. The molecule has 0 saturated heterocycles. The lowest BCUT2D eigenvalue weighted by atomic mass is 9.82. The van der Waals surface area contributed by atoms with Gasteiger partial charge in [0.25, 0.3) is 5.91 Å². The Hall–Kier alpha value is -2.24. The Morgan fingerprint density at radius 2 is 2.22 bits per heavy atom. The third-order valence-corrected chi connectivity index (χ3v) is 4.98. The summed E-state index contributed by atoms with van der Waals surface area (Å²) in [5, 5.41) is 4.11. The number of anilines is 1. The van der Waals surface area contributed by atoms with Gasteiger partial charge < -0.3 is 14.4 Å². The smallest absolute Gasteiger partial charge is 0.262 e. The molecule has 4 rings (SSSR count). The molecule has 0 aromatic heterocycles. The lowest BCUT2D eigenvalue weighted by Crippen LogP contribution is -2.55. The van der Waals surface area contributed by atoms with E-state index in [9.17, 15) is 4.79 Å². The molecule has 1 aromatic carbocycles. The second kappa shape index (κ2) is 4.88. The van der Waals surface area contributed by atoms with E-state index in [4.69, 9.17) is 9.47 Å². The van der Waals surface area contributed by atoms with Crippen LogP contribution >= 0.6 is 0 Å². The highest BCUT2D eigenvalue weighted by molar-refractivity contribution is 6.09. The maximum Gasteiger partial charge on any atom is 0.262 e. The number of amides is 1. The first-order valence-corrected chi connectivity index (χ1v) is 8.09. The van der Waals surface area contributed by atoms with Gasteiger partial charge in [0.15, 0.2) is 5.84 Å². The normalized spacial score (nSPS) is 24.5. The summed E-state index contributed by atoms with van der Waals surface area (Å²) >= 11 is 0. The number of rotatable bonds is 2. The van der Waals surface area contributed by atoms with E-state index < -0.39 is 0 Å². The van der Waals surface area contributed by atoms with E-state index in [1.165, 1.54) is 6.42 Å². The maximum absolute atomic E-state index is 12.0. The quantitative estimate of drug-likeness (QED) is 0.910. The van der Waals surface area contributed by atoms with Gasteiger partial charge in [-0.25, -0.2) is 5.43 Å². The highest BCUT2D eigenvalue weighted by atomic mass is 16.5. The van der Waals surface area contributed by atoms with E-state index in [2.05, 4.69) is 17.5 Å². The van der Waals surface area contributed by atoms with Crippen LogP contribution in [0.2, 0.25) is 0 Å². The average Bonchev–Trinajstić information content (AvgIpc) is 2.50. The van der Waals surface area contributed by atoms with E-state index in [0.717, 1.165) is 35.6 Å². The van der Waals surface area contributed by atoms with Crippen molar-refractivity contribution in [2.45, 2.75) is 51.7 Å². The molecule has 23 heavy (non-hydrogen) atoms. The van der Waals surface area contributed by atoms with Crippen LogP contribution in [0.25, 0.3) is 0 Å². The van der Waals surface area contributed by atoms with Gasteiger partial charge in [-0.2, -0.15) is 5.10 Å². The summed E-state index contributed by atoms with van der Waals surface area (Å²) in [5.41, 5.74) is 4.36. The summed E-state index contributed by atoms with van der Waals surface area (Å²) in [5.74, 6) is 2.23. The molecule has 1 N–H and O–H groups in total. The Bertz CT molecular complexity index is 709. The molecule has 6 nitrogen and oxygen atoms in total. The zero-order valence-electron chi connectivity index (χ0n) is 13.7. The molecule has 1 fully saturated rings. The molecular formula is C17H21N3O3. The Balaban J connectivity index is 1.75. The van der Waals surface area contributed by atoms with Gasteiger partial charge in [0, 0.05) is 6.07 Å². The number of hydrogen-bond donors (Lipinski definition) is 1. The summed E-state index contributed by atoms with van der Waals surface area (Å²) in [6, 6.07) is 3.65. The first kappa shape index (κ1) is 14.4. The van der Waals surface area contributed by atoms with Gasteiger partial charge in [0.1, 0.15) is 29.7 Å². The average molecular weight is 315 g/mol. The van der Waals surface area contributed by atoms with Gasteiger partial charge in [-0.1, -0.05) is 0 Å². The van der Waals surface area contributed by atoms with Crippen molar-refractivity contribution < 1.29 is 14.3 Å². The van der Waals surface area contributed by atoms with E-state index in [-0.39, 0.29) is 17.6 Å². The molecular weight excluding hydrogens is 294 g/mol. The van der Waals surface area contributed by atoms with Gasteiger partial charge in [-0.05, 0) is 51.7 Å². The number of fused-ring (bicyclic) bond motifs is 3. The molecule has 1 aliphatic carbocycles. The van der Waals surface area contributed by atoms with E-state index in [1.807, 2.05) is 30.9 Å². The van der Waals surface area contributed by atoms with E-state index >= 15 is 0 Å². The minimum Gasteiger partial charge on any atom is -0.487 e. The number of hydrogen-bond acceptors (Lipinski definition) is 5. The van der Waals surface area contributed by atoms with Gasteiger partial charge in [-0.15, -0.1) is 0 Å². The molecule has 1 atom stereocenters. The first-order chi connectivity index (χ1) is 11.0. The summed E-state index contributed by atoms with van der Waals surface area (Å²) in [4.78, 5) is 13.9. The van der Waals surface area contributed by atoms with Crippen LogP contribution in [-0.4, -0.2) is 30.0 Å². The van der Waals surface area contributed by atoms with Crippen molar-refractivity contribution >= 4 is 17.4 Å². The summed E-state index contributed by atoms with van der Waals surface area (Å²) < 4.78 is 12.1. The molecule has 1 aromatic rings. The zero-order valence-corrected chi connectivity index (χ0v) is 13.7. The topological polar surface area (TPSA) is 63.2 Å². The van der Waals surface area contributed by atoms with Crippen molar-refractivity contribution in [1.82, 2.24) is 5.43 Å². The van der Waals surface area contributed by atoms with Gasteiger partial charge >= 0.3 is 0 Å². The third kappa shape index (κ3) is 2.24. The van der Waals surface area contributed by atoms with Crippen LogP contribution in [0.1, 0.15) is 38.7 Å². The number of nitrogens with one attached hydrogen (secondary N) is 1. The van der Waals surface area contributed by atoms with E-state index in [0.29, 0.717) is 12.4 Å². The third-order valence-electron chi connectivity index (χ3n) is 4.98. The minimum atomic E-state index is -0.319. The van der Waals surface area contributed by atoms with Crippen molar-refractivity contribution in [3.05, 3.63) is 17.7 Å². The van der Waals surface area contributed by atoms with E-state index in [1.54, 1.807) is 0 Å². The fourth-order valence-electron chi connectivity index (χ4n) is 3.31. The van der Waals surface area contributed by atoms with Crippen LogP contribution in [-0.2, 0) is 4.79 Å². The predicted octanol–water partition coefficient (Wildman–Crippen LogP) is 2.35. The zero-order chi connectivity index (χ0) is 16.2. The molecule has 1 unspecified atom stereocenters. The Morgan fingerprint density at radius 3 is 2.91 bits per heavy atom. The molecule has 2 heterocycles. The molecule has 0 radical (unpaired) electrons. The van der Waals surface area contributed by atoms with Crippen molar-refractivity contribution in [1.29, 1.82) is 0 Å². The summed E-state index contributed by atoms with van der Waals surface area (Å²) in [6.07, 6.45) is 3.37. The number of nitrogens with zero attached hydrogens (tertiary/aromatic N) is 2. The largest absolute Gasteiger partial charge is 0.487 e. The number of ether oxygens (including phenoxy) is 2. The van der Waals surface area contributed by atoms with Crippen LogP contribution in [0.3, 0.4) is 0 Å². The summed E-state index contributed by atoms with van der Waals surface area (Å²) in [6.45, 7) is 6.40. The number of amidine groups is 1. The van der Waals surface area contributed by atoms with Gasteiger partial charge in [0.2, 0.25) is 0 Å². The van der Waals surface area contributed by atoms with Crippen LogP contribution in [0, 0.1) is 6.92 Å². The van der Waals surface area contributed by atoms with Crippen LogP contribution < -0.4 is 19.8 Å². The molecule has 6 heteroatoms. The fraction of sp³-hybridized carbons (Fsp3) is 0.529. The van der Waals surface area contributed by atoms with Crippen molar-refractivity contribution in [2.24, 2.45) is 5.10 Å². The highest BCUT2D eigenvalue weighted by Crippen LogP contribution is 2.43. The van der Waals surface area contributed by atoms with Crippen LogP contribution in [0.5, 0.6) is 11.5 Å². The maximum atomic E-state index is 12.0. The number of aryl methyl sites for hydroxylation is 1. The standard InChI is InChI=1S/C17H21N3O3/c1-10-7-14-12(8-13(10)23-17(3)5-4-6-17)20-11(2)16(21)19-18-15(20)9-22-14/h7-8,11H,4-6,9H2,1-3H3,(H,19,21). The lowest BCUT2D eigenvalue weighted by molar-refractivity contribution is -0.122. The van der Waals surface area contributed by atoms with Gasteiger partial charge in [-0.3, -0.25) is 4.79 Å². The molecule has 2 aliphatic heterocycles. The number of hydrazone groups is 1. The van der Waals surface area contributed by atoms with Crippen LogP contribution in [0.4, 0.5) is 5.69 Å². The second-order valence-corrected chi connectivity index (χ2v) is 6.83. The molecule has 0 bridgehead atoms. The number of carbonyl (C=O) groups is 1. The monoisotopic (exact) mass is 315 g/mol. The minimum absolute atomic E-state index is 0.0731. The van der Waals surface area contributed by atoms with Crippen molar-refractivity contribution in [2.75, 3.05) is 11.5 Å². The number of benzene rings is 1. The molecule has 122 valence electrons. The molecule has 3 aliphatic rings. The Labute approximate surface area is 135 Å². The highest BCUT2D eigenvalue weighted by Gasteiger charge is 2.37. The predicted molar refractivity (Wildman–Crippen MR) is 87.1 cm³/mol. The van der Waals surface area contributed by atoms with Gasteiger partial charge in [0.05, 0.1) is 5.69 Å². The van der Waals surface area contributed by atoms with Crippen LogP contribution in [0.15, 0.2) is 17.2 Å². The van der Waals surface area contributed by atoms with Crippen molar-refractivity contribution in [3.8, 4) is 11.5 Å². The molecule has 0 spiro atoms. The first-order valence-electron chi connectivity index (χ1n) is 8.09. The Morgan fingerprint density at radius 1 is 1.43 bits per heavy atom. The molecule has 1 saturated carbocycles. The Kier molecular flexibility index (Phi) is 3.04. The number of carbonyl (C=O) groups excluding carboxylic acids is 1. The van der Waals surface area contributed by atoms with Crippen molar-refractivity contribution in [3.63, 3.8) is 0 Å². The fourth-order valence-corrected chi connectivity index (χ4v) is 3.31. The SMILES string of the molecule is Cc1cc2c(cc1OC1(C)CCC1)N1C(=NNC(=O)C1C)CO2. The lowest BCUT2D eigenvalue weighted by Gasteiger charge is -2.41. The molecule has 1 amide bonds.